The minimum atomic E-state index is 1.03. The Bertz CT molecular complexity index is 303. The predicted molar refractivity (Wildman–Crippen MR) is 64.2 cm³/mol. The largest absolute Gasteiger partial charge is 0.301 e. The third kappa shape index (κ3) is 3.00. The van der Waals surface area contributed by atoms with Crippen LogP contribution in [0.1, 0.15) is 17.6 Å². The maximum absolute atomic E-state index is 4.51. The van der Waals surface area contributed by atoms with E-state index < -0.39 is 0 Å². The van der Waals surface area contributed by atoms with Crippen molar-refractivity contribution < 1.29 is 0 Å². The zero-order chi connectivity index (χ0) is 10.7. The fourth-order valence-corrected chi connectivity index (χ4v) is 2.58. The Balaban J connectivity index is 1.82. The molecule has 1 aliphatic rings. The number of nitrogens with zero attached hydrogens (tertiary/aromatic N) is 3. The van der Waals surface area contributed by atoms with Crippen LogP contribution in [0.3, 0.4) is 0 Å². The molecular formula is C11H19N3S. The van der Waals surface area contributed by atoms with Crippen molar-refractivity contribution in [2.45, 2.75) is 20.4 Å². The van der Waals surface area contributed by atoms with Gasteiger partial charge < -0.3 is 4.90 Å². The summed E-state index contributed by atoms with van der Waals surface area (Å²) in [5.74, 6) is 0. The van der Waals surface area contributed by atoms with Crippen LogP contribution in [0.2, 0.25) is 0 Å². The zero-order valence-electron chi connectivity index (χ0n) is 9.57. The first-order chi connectivity index (χ1) is 7.28. The summed E-state index contributed by atoms with van der Waals surface area (Å²) < 4.78 is 0. The average Bonchev–Trinajstić information content (AvgIpc) is 2.65. The summed E-state index contributed by atoms with van der Waals surface area (Å²) >= 11 is 1.75. The molecule has 0 aliphatic carbocycles. The summed E-state index contributed by atoms with van der Waals surface area (Å²) in [5.41, 5.74) is 1.24. The van der Waals surface area contributed by atoms with Crippen molar-refractivity contribution in [3.05, 3.63) is 16.1 Å². The highest BCUT2D eigenvalue weighted by Crippen LogP contribution is 2.11. The standard InChI is InChI=1S/C11H19N3S/c1-3-13-4-6-14(7-5-13)8-11-9-15-10(2)12-11/h9H,3-8H2,1-2H3. The van der Waals surface area contributed by atoms with E-state index in [2.05, 4.69) is 34.0 Å². The molecule has 3 nitrogen and oxygen atoms in total. The summed E-state index contributed by atoms with van der Waals surface area (Å²) in [6.45, 7) is 11.3. The molecule has 15 heavy (non-hydrogen) atoms. The molecule has 1 aliphatic heterocycles. The Morgan fingerprint density at radius 1 is 1.27 bits per heavy atom. The van der Waals surface area contributed by atoms with Crippen molar-refractivity contribution in [2.24, 2.45) is 0 Å². The van der Waals surface area contributed by atoms with Gasteiger partial charge in [-0.25, -0.2) is 4.98 Å². The van der Waals surface area contributed by atoms with Crippen LogP contribution in [0.15, 0.2) is 5.38 Å². The molecule has 1 aromatic heterocycles. The summed E-state index contributed by atoms with van der Waals surface area (Å²) in [7, 11) is 0. The van der Waals surface area contributed by atoms with Gasteiger partial charge in [0.1, 0.15) is 0 Å². The third-order valence-corrected chi connectivity index (χ3v) is 3.79. The Hall–Kier alpha value is -0.450. The van der Waals surface area contributed by atoms with Crippen molar-refractivity contribution in [1.82, 2.24) is 14.8 Å². The first-order valence-electron chi connectivity index (χ1n) is 5.63. The minimum absolute atomic E-state index is 1.03. The number of rotatable bonds is 3. The first-order valence-corrected chi connectivity index (χ1v) is 6.51. The van der Waals surface area contributed by atoms with Gasteiger partial charge in [-0.05, 0) is 13.5 Å². The van der Waals surface area contributed by atoms with E-state index in [9.17, 15) is 0 Å². The van der Waals surface area contributed by atoms with Crippen LogP contribution >= 0.6 is 11.3 Å². The van der Waals surface area contributed by atoms with E-state index in [0.717, 1.165) is 6.54 Å². The molecule has 0 unspecified atom stereocenters. The van der Waals surface area contributed by atoms with Gasteiger partial charge in [0, 0.05) is 38.1 Å². The predicted octanol–water partition coefficient (Wildman–Crippen LogP) is 1.59. The Morgan fingerprint density at radius 3 is 2.47 bits per heavy atom. The van der Waals surface area contributed by atoms with Crippen molar-refractivity contribution in [1.29, 1.82) is 0 Å². The van der Waals surface area contributed by atoms with Gasteiger partial charge in [0.15, 0.2) is 0 Å². The third-order valence-electron chi connectivity index (χ3n) is 2.96. The molecule has 0 N–H and O–H groups in total. The number of aryl methyl sites for hydroxylation is 1. The van der Waals surface area contributed by atoms with Crippen molar-refractivity contribution in [3.8, 4) is 0 Å². The lowest BCUT2D eigenvalue weighted by Crippen LogP contribution is -2.45. The molecule has 0 bridgehead atoms. The van der Waals surface area contributed by atoms with Crippen molar-refractivity contribution >= 4 is 11.3 Å². The molecule has 0 spiro atoms. The fourth-order valence-electron chi connectivity index (χ4n) is 1.97. The number of aromatic nitrogens is 1. The normalized spacial score (nSPS) is 19.6. The number of likely N-dealkylation sites (N-methyl/N-ethyl adjacent to an activating group) is 1. The van der Waals surface area contributed by atoms with Gasteiger partial charge in [0.2, 0.25) is 0 Å². The number of thiazole rings is 1. The van der Waals surface area contributed by atoms with Gasteiger partial charge in [-0.2, -0.15) is 0 Å². The summed E-state index contributed by atoms with van der Waals surface area (Å²) in [5, 5.41) is 3.36. The molecule has 0 radical (unpaired) electrons. The fraction of sp³-hybridized carbons (Fsp3) is 0.727. The van der Waals surface area contributed by atoms with Crippen LogP contribution in [0.4, 0.5) is 0 Å². The Labute approximate surface area is 95.7 Å². The van der Waals surface area contributed by atoms with Gasteiger partial charge in [-0.15, -0.1) is 11.3 Å². The lowest BCUT2D eigenvalue weighted by atomic mass is 10.3. The molecule has 1 aromatic rings. The molecule has 1 fully saturated rings. The molecule has 0 saturated carbocycles. The maximum atomic E-state index is 4.51. The van der Waals surface area contributed by atoms with E-state index in [-0.39, 0.29) is 0 Å². The highest BCUT2D eigenvalue weighted by Gasteiger charge is 2.15. The number of hydrogen-bond donors (Lipinski definition) is 0. The van der Waals surface area contributed by atoms with E-state index >= 15 is 0 Å². The second-order valence-corrected chi connectivity index (χ2v) is 5.13. The average molecular weight is 225 g/mol. The van der Waals surface area contributed by atoms with E-state index in [1.54, 1.807) is 11.3 Å². The van der Waals surface area contributed by atoms with E-state index in [0.29, 0.717) is 0 Å². The summed E-state index contributed by atoms with van der Waals surface area (Å²) in [4.78, 5) is 9.51. The van der Waals surface area contributed by atoms with E-state index in [1.165, 1.54) is 43.4 Å². The summed E-state index contributed by atoms with van der Waals surface area (Å²) in [6.07, 6.45) is 0. The van der Waals surface area contributed by atoms with Crippen LogP contribution in [-0.2, 0) is 6.54 Å². The molecule has 0 amide bonds. The quantitative estimate of drug-likeness (QED) is 0.779. The molecule has 0 atom stereocenters. The SMILES string of the molecule is CCN1CCN(Cc2csc(C)n2)CC1. The highest BCUT2D eigenvalue weighted by atomic mass is 32.1. The Kier molecular flexibility index (Phi) is 3.72. The molecule has 2 rings (SSSR count). The molecule has 1 saturated heterocycles. The van der Waals surface area contributed by atoms with Gasteiger partial charge >= 0.3 is 0 Å². The lowest BCUT2D eigenvalue weighted by molar-refractivity contribution is 0.131. The molecule has 84 valence electrons. The van der Waals surface area contributed by atoms with E-state index in [1.807, 2.05) is 0 Å². The minimum Gasteiger partial charge on any atom is -0.301 e. The van der Waals surface area contributed by atoms with Crippen LogP contribution in [0.5, 0.6) is 0 Å². The van der Waals surface area contributed by atoms with Gasteiger partial charge in [-0.3, -0.25) is 4.90 Å². The summed E-state index contributed by atoms with van der Waals surface area (Å²) in [6, 6.07) is 0. The van der Waals surface area contributed by atoms with Gasteiger partial charge in [-0.1, -0.05) is 6.92 Å². The second kappa shape index (κ2) is 5.05. The lowest BCUT2D eigenvalue weighted by Gasteiger charge is -2.33. The molecule has 4 heteroatoms. The van der Waals surface area contributed by atoms with Crippen LogP contribution in [-0.4, -0.2) is 47.5 Å². The molecule has 0 aromatic carbocycles. The van der Waals surface area contributed by atoms with Crippen LogP contribution in [0, 0.1) is 6.92 Å². The molecule has 2 heterocycles. The topological polar surface area (TPSA) is 19.4 Å². The van der Waals surface area contributed by atoms with Crippen LogP contribution in [0.25, 0.3) is 0 Å². The van der Waals surface area contributed by atoms with E-state index in [4.69, 9.17) is 0 Å². The smallest absolute Gasteiger partial charge is 0.0897 e. The Morgan fingerprint density at radius 2 is 1.93 bits per heavy atom. The molecular weight excluding hydrogens is 206 g/mol. The van der Waals surface area contributed by atoms with Crippen LogP contribution < -0.4 is 0 Å². The van der Waals surface area contributed by atoms with Gasteiger partial charge in [0.05, 0.1) is 10.7 Å². The monoisotopic (exact) mass is 225 g/mol. The van der Waals surface area contributed by atoms with Gasteiger partial charge in [0.25, 0.3) is 0 Å². The maximum Gasteiger partial charge on any atom is 0.0897 e. The first kappa shape index (κ1) is 11.0. The second-order valence-electron chi connectivity index (χ2n) is 4.07. The number of hydrogen-bond acceptors (Lipinski definition) is 4. The highest BCUT2D eigenvalue weighted by molar-refractivity contribution is 7.09. The number of piperazine rings is 1. The zero-order valence-corrected chi connectivity index (χ0v) is 10.4. The van der Waals surface area contributed by atoms with Crippen molar-refractivity contribution in [2.75, 3.05) is 32.7 Å². The van der Waals surface area contributed by atoms with Crippen molar-refractivity contribution in [3.63, 3.8) is 0 Å².